The summed E-state index contributed by atoms with van der Waals surface area (Å²) in [4.78, 5) is 15.6. The standard InChI is InChI=1S/C26H28N2O/c1-18-10-12-19(13-11-18)24(29)28-23-15-14-21(27)16-22(23)26(4,17-25(28,2)3)20-8-6-5-7-9-20/h5-16H,17,27H2,1-4H3. The second kappa shape index (κ2) is 6.77. The molecule has 0 fully saturated rings. The number of hydrogen-bond donors (Lipinski definition) is 1. The molecule has 3 heteroatoms. The van der Waals surface area contributed by atoms with Gasteiger partial charge in [-0.25, -0.2) is 0 Å². The molecule has 0 aromatic heterocycles. The molecule has 4 rings (SSSR count). The van der Waals surface area contributed by atoms with Gasteiger partial charge in [-0.15, -0.1) is 0 Å². The molecule has 0 bridgehead atoms. The lowest BCUT2D eigenvalue weighted by Gasteiger charge is -2.51. The first-order valence-corrected chi connectivity index (χ1v) is 10.1. The molecule has 3 aromatic carbocycles. The van der Waals surface area contributed by atoms with Crippen molar-refractivity contribution >= 4 is 17.3 Å². The molecular formula is C26H28N2O. The van der Waals surface area contributed by atoms with Gasteiger partial charge in [-0.1, -0.05) is 55.0 Å². The SMILES string of the molecule is Cc1ccc(C(=O)N2c3ccc(N)cc3C(C)(c3ccccc3)CC2(C)C)cc1. The minimum atomic E-state index is -0.365. The van der Waals surface area contributed by atoms with E-state index in [0.717, 1.165) is 23.2 Å². The first-order valence-electron chi connectivity index (χ1n) is 10.1. The highest BCUT2D eigenvalue weighted by molar-refractivity contribution is 6.08. The maximum atomic E-state index is 13.6. The van der Waals surface area contributed by atoms with Gasteiger partial charge in [0.2, 0.25) is 0 Å². The Morgan fingerprint density at radius 1 is 0.931 bits per heavy atom. The van der Waals surface area contributed by atoms with Crippen LogP contribution in [0.15, 0.2) is 72.8 Å². The Morgan fingerprint density at radius 2 is 1.59 bits per heavy atom. The molecular weight excluding hydrogens is 356 g/mol. The van der Waals surface area contributed by atoms with Crippen molar-refractivity contribution in [3.63, 3.8) is 0 Å². The lowest BCUT2D eigenvalue weighted by molar-refractivity contribution is 0.0948. The van der Waals surface area contributed by atoms with Gasteiger partial charge in [-0.2, -0.15) is 0 Å². The van der Waals surface area contributed by atoms with Crippen LogP contribution in [0.5, 0.6) is 0 Å². The van der Waals surface area contributed by atoms with Crippen LogP contribution in [0.1, 0.15) is 54.2 Å². The smallest absolute Gasteiger partial charge is 0.258 e. The number of carbonyl (C=O) groups excluding carboxylic acids is 1. The average Bonchev–Trinajstić information content (AvgIpc) is 2.69. The summed E-state index contributed by atoms with van der Waals surface area (Å²) in [7, 11) is 0. The number of nitrogens with two attached hydrogens (primary N) is 1. The highest BCUT2D eigenvalue weighted by atomic mass is 16.2. The molecule has 1 aliphatic heterocycles. The maximum absolute atomic E-state index is 13.6. The molecule has 1 amide bonds. The fourth-order valence-corrected chi connectivity index (χ4v) is 4.83. The summed E-state index contributed by atoms with van der Waals surface area (Å²) < 4.78 is 0. The maximum Gasteiger partial charge on any atom is 0.258 e. The van der Waals surface area contributed by atoms with Gasteiger partial charge in [0.1, 0.15) is 0 Å². The Labute approximate surface area is 173 Å². The van der Waals surface area contributed by atoms with Crippen LogP contribution in [0.2, 0.25) is 0 Å². The molecule has 2 N–H and O–H groups in total. The summed E-state index contributed by atoms with van der Waals surface area (Å²) in [5.74, 6) is 0.0242. The fourth-order valence-electron chi connectivity index (χ4n) is 4.83. The van der Waals surface area contributed by atoms with Crippen molar-refractivity contribution in [2.24, 2.45) is 0 Å². The summed E-state index contributed by atoms with van der Waals surface area (Å²) in [6.07, 6.45) is 0.804. The number of fused-ring (bicyclic) bond motifs is 1. The quantitative estimate of drug-likeness (QED) is 0.575. The first kappa shape index (κ1) is 19.3. The van der Waals surface area contributed by atoms with Crippen LogP contribution in [-0.4, -0.2) is 11.4 Å². The van der Waals surface area contributed by atoms with E-state index in [-0.39, 0.29) is 16.9 Å². The van der Waals surface area contributed by atoms with E-state index in [1.165, 1.54) is 5.56 Å². The van der Waals surface area contributed by atoms with Crippen molar-refractivity contribution in [1.82, 2.24) is 0 Å². The average molecular weight is 385 g/mol. The van der Waals surface area contributed by atoms with Crippen LogP contribution in [0.25, 0.3) is 0 Å². The molecule has 1 unspecified atom stereocenters. The summed E-state index contributed by atoms with van der Waals surface area (Å²) in [6, 6.07) is 24.2. The Morgan fingerprint density at radius 3 is 2.24 bits per heavy atom. The Balaban J connectivity index is 1.91. The van der Waals surface area contributed by atoms with Crippen molar-refractivity contribution in [2.45, 2.75) is 45.1 Å². The molecule has 0 radical (unpaired) electrons. The molecule has 0 spiro atoms. The molecule has 1 aliphatic rings. The number of carbonyl (C=O) groups is 1. The van der Waals surface area contributed by atoms with Crippen molar-refractivity contribution in [2.75, 3.05) is 10.6 Å². The minimum absolute atomic E-state index is 0.0242. The zero-order valence-corrected chi connectivity index (χ0v) is 17.6. The van der Waals surface area contributed by atoms with Crippen molar-refractivity contribution in [3.8, 4) is 0 Å². The Hall–Kier alpha value is -3.07. The number of anilines is 2. The van der Waals surface area contributed by atoms with Gasteiger partial charge in [-0.05, 0) is 68.7 Å². The predicted octanol–water partition coefficient (Wildman–Crippen LogP) is 5.71. The van der Waals surface area contributed by atoms with Gasteiger partial charge in [0.15, 0.2) is 0 Å². The van der Waals surface area contributed by atoms with E-state index in [9.17, 15) is 4.79 Å². The largest absolute Gasteiger partial charge is 0.399 e. The summed E-state index contributed by atoms with van der Waals surface area (Å²) >= 11 is 0. The van der Waals surface area contributed by atoms with Gasteiger partial charge in [-0.3, -0.25) is 4.79 Å². The van der Waals surface area contributed by atoms with E-state index < -0.39 is 0 Å². The van der Waals surface area contributed by atoms with E-state index in [1.807, 2.05) is 60.4 Å². The van der Waals surface area contributed by atoms with E-state index in [1.54, 1.807) is 0 Å². The molecule has 3 aromatic rings. The van der Waals surface area contributed by atoms with Crippen LogP contribution in [-0.2, 0) is 5.41 Å². The number of aryl methyl sites for hydroxylation is 1. The van der Waals surface area contributed by atoms with E-state index in [0.29, 0.717) is 11.3 Å². The molecule has 0 saturated heterocycles. The number of benzene rings is 3. The Kier molecular flexibility index (Phi) is 4.49. The van der Waals surface area contributed by atoms with Gasteiger partial charge < -0.3 is 10.6 Å². The van der Waals surface area contributed by atoms with Crippen LogP contribution >= 0.6 is 0 Å². The number of hydrogen-bond acceptors (Lipinski definition) is 2. The molecule has 0 saturated carbocycles. The monoisotopic (exact) mass is 384 g/mol. The van der Waals surface area contributed by atoms with Crippen molar-refractivity contribution in [3.05, 3.63) is 95.1 Å². The zero-order chi connectivity index (χ0) is 20.8. The van der Waals surface area contributed by atoms with Crippen LogP contribution in [0, 0.1) is 6.92 Å². The predicted molar refractivity (Wildman–Crippen MR) is 120 cm³/mol. The summed E-state index contributed by atoms with van der Waals surface area (Å²) in [5, 5.41) is 0. The molecule has 0 aliphatic carbocycles. The fraction of sp³-hybridized carbons (Fsp3) is 0.269. The third kappa shape index (κ3) is 3.21. The van der Waals surface area contributed by atoms with Crippen molar-refractivity contribution < 1.29 is 4.79 Å². The molecule has 3 nitrogen and oxygen atoms in total. The van der Waals surface area contributed by atoms with E-state index in [4.69, 9.17) is 5.73 Å². The molecule has 29 heavy (non-hydrogen) atoms. The van der Waals surface area contributed by atoms with Gasteiger partial charge in [0, 0.05) is 27.9 Å². The Bertz CT molecular complexity index is 1050. The second-order valence-electron chi connectivity index (χ2n) is 8.97. The number of nitrogens with zero attached hydrogens (tertiary/aromatic N) is 1. The van der Waals surface area contributed by atoms with Gasteiger partial charge in [0.05, 0.1) is 0 Å². The van der Waals surface area contributed by atoms with Crippen molar-refractivity contribution in [1.29, 1.82) is 0 Å². The topological polar surface area (TPSA) is 46.3 Å². The van der Waals surface area contributed by atoms with Crippen LogP contribution in [0.3, 0.4) is 0 Å². The highest BCUT2D eigenvalue weighted by Gasteiger charge is 2.47. The third-order valence-corrected chi connectivity index (χ3v) is 6.16. The van der Waals surface area contributed by atoms with Crippen LogP contribution in [0.4, 0.5) is 11.4 Å². The van der Waals surface area contributed by atoms with E-state index in [2.05, 4.69) is 45.0 Å². The summed E-state index contributed by atoms with van der Waals surface area (Å²) in [5.41, 5.74) is 11.4. The zero-order valence-electron chi connectivity index (χ0n) is 17.6. The number of rotatable bonds is 2. The van der Waals surface area contributed by atoms with Gasteiger partial charge >= 0.3 is 0 Å². The van der Waals surface area contributed by atoms with Crippen LogP contribution < -0.4 is 10.6 Å². The molecule has 1 heterocycles. The van der Waals surface area contributed by atoms with Gasteiger partial charge in [0.25, 0.3) is 5.91 Å². The molecule has 148 valence electrons. The first-order chi connectivity index (χ1) is 13.7. The van der Waals surface area contributed by atoms with E-state index >= 15 is 0 Å². The summed E-state index contributed by atoms with van der Waals surface area (Å²) in [6.45, 7) is 8.59. The number of nitrogen functional groups attached to an aromatic ring is 1. The number of amides is 1. The second-order valence-corrected chi connectivity index (χ2v) is 8.97. The minimum Gasteiger partial charge on any atom is -0.399 e. The lowest BCUT2D eigenvalue weighted by Crippen LogP contribution is -2.55. The normalized spacial score (nSPS) is 20.2. The highest BCUT2D eigenvalue weighted by Crippen LogP contribution is 2.51. The molecule has 1 atom stereocenters. The lowest BCUT2D eigenvalue weighted by atomic mass is 9.65. The third-order valence-electron chi connectivity index (χ3n) is 6.16.